The third-order valence-corrected chi connectivity index (χ3v) is 4.53. The number of piperidine rings is 1. The van der Waals surface area contributed by atoms with Gasteiger partial charge in [-0.05, 0) is 50.9 Å². The number of hydrogen-bond donors (Lipinski definition) is 1. The van der Waals surface area contributed by atoms with Gasteiger partial charge in [-0.2, -0.15) is 0 Å². The molecule has 0 bridgehead atoms. The van der Waals surface area contributed by atoms with Gasteiger partial charge in [0, 0.05) is 29.4 Å². The third kappa shape index (κ3) is 3.70. The van der Waals surface area contributed by atoms with E-state index in [2.05, 4.69) is 25.2 Å². The minimum absolute atomic E-state index is 0.412. The normalized spacial score (nSPS) is 18.0. The Morgan fingerprint density at radius 2 is 1.96 bits per heavy atom. The molecule has 1 saturated heterocycles. The summed E-state index contributed by atoms with van der Waals surface area (Å²) in [6.45, 7) is 5.31. The lowest BCUT2D eigenvalue weighted by molar-refractivity contribution is 0.407. The second kappa shape index (κ2) is 7.09. The molecule has 1 fully saturated rings. The van der Waals surface area contributed by atoms with Crippen LogP contribution in [0.1, 0.15) is 53.6 Å². The van der Waals surface area contributed by atoms with Crippen molar-refractivity contribution in [3.8, 4) is 5.75 Å². The van der Waals surface area contributed by atoms with Gasteiger partial charge in [-0.1, -0.05) is 18.6 Å². The zero-order valence-corrected chi connectivity index (χ0v) is 14.2. The van der Waals surface area contributed by atoms with E-state index in [1.807, 2.05) is 18.2 Å². The highest BCUT2D eigenvalue weighted by atomic mass is 16.5. The minimum Gasteiger partial charge on any atom is -0.497 e. The fourth-order valence-corrected chi connectivity index (χ4v) is 3.44. The lowest BCUT2D eigenvalue weighted by Gasteiger charge is -2.26. The van der Waals surface area contributed by atoms with Crippen molar-refractivity contribution in [2.24, 2.45) is 0 Å². The van der Waals surface area contributed by atoms with Crippen molar-refractivity contribution in [2.45, 2.75) is 45.6 Å². The molecule has 1 unspecified atom stereocenters. The van der Waals surface area contributed by atoms with Gasteiger partial charge in [0.1, 0.15) is 11.6 Å². The highest BCUT2D eigenvalue weighted by Gasteiger charge is 2.20. The van der Waals surface area contributed by atoms with Gasteiger partial charge in [-0.25, -0.2) is 9.97 Å². The highest BCUT2D eigenvalue weighted by molar-refractivity contribution is 5.32. The van der Waals surface area contributed by atoms with Crippen LogP contribution in [0.4, 0.5) is 0 Å². The number of aromatic nitrogens is 2. The number of nitrogens with zero attached hydrogens (tertiary/aromatic N) is 2. The monoisotopic (exact) mass is 311 g/mol. The van der Waals surface area contributed by atoms with Crippen LogP contribution in [0.2, 0.25) is 0 Å². The first-order chi connectivity index (χ1) is 11.2. The molecule has 0 radical (unpaired) electrons. The van der Waals surface area contributed by atoms with Crippen molar-refractivity contribution in [1.29, 1.82) is 0 Å². The Hall–Kier alpha value is -1.94. The van der Waals surface area contributed by atoms with E-state index >= 15 is 0 Å². The average Bonchev–Trinajstić information content (AvgIpc) is 2.55. The smallest absolute Gasteiger partial charge is 0.133 e. The molecule has 2 heterocycles. The van der Waals surface area contributed by atoms with Crippen molar-refractivity contribution >= 4 is 0 Å². The lowest BCUT2D eigenvalue weighted by atomic mass is 9.95. The van der Waals surface area contributed by atoms with E-state index in [4.69, 9.17) is 14.7 Å². The van der Waals surface area contributed by atoms with E-state index in [1.165, 1.54) is 30.4 Å². The zero-order chi connectivity index (χ0) is 16.2. The molecular formula is C19H25N3O. The number of aryl methyl sites for hydroxylation is 2. The first-order valence-electron chi connectivity index (χ1n) is 8.37. The van der Waals surface area contributed by atoms with Crippen LogP contribution < -0.4 is 10.1 Å². The van der Waals surface area contributed by atoms with E-state index in [0.717, 1.165) is 35.9 Å². The van der Waals surface area contributed by atoms with Gasteiger partial charge in [-0.15, -0.1) is 0 Å². The molecule has 23 heavy (non-hydrogen) atoms. The molecule has 1 aliphatic rings. The molecule has 1 atom stereocenters. The molecule has 3 rings (SSSR count). The summed E-state index contributed by atoms with van der Waals surface area (Å²) < 4.78 is 5.29. The molecule has 122 valence electrons. The van der Waals surface area contributed by atoms with E-state index < -0.39 is 0 Å². The number of rotatable bonds is 4. The first-order valence-corrected chi connectivity index (χ1v) is 8.37. The van der Waals surface area contributed by atoms with E-state index in [-0.39, 0.29) is 0 Å². The van der Waals surface area contributed by atoms with Crippen LogP contribution in [0.25, 0.3) is 0 Å². The van der Waals surface area contributed by atoms with Crippen molar-refractivity contribution in [3.05, 3.63) is 52.6 Å². The van der Waals surface area contributed by atoms with Crippen LogP contribution >= 0.6 is 0 Å². The van der Waals surface area contributed by atoms with Crippen LogP contribution in [0.5, 0.6) is 5.75 Å². The van der Waals surface area contributed by atoms with Crippen LogP contribution in [-0.2, 0) is 6.42 Å². The van der Waals surface area contributed by atoms with Crippen LogP contribution in [-0.4, -0.2) is 23.6 Å². The first kappa shape index (κ1) is 15.9. The molecule has 0 aliphatic carbocycles. The van der Waals surface area contributed by atoms with Gasteiger partial charge in [0.15, 0.2) is 0 Å². The molecule has 1 N–H and O–H groups in total. The summed E-state index contributed by atoms with van der Waals surface area (Å²) in [7, 11) is 1.69. The van der Waals surface area contributed by atoms with Crippen molar-refractivity contribution in [1.82, 2.24) is 15.3 Å². The summed E-state index contributed by atoms with van der Waals surface area (Å²) in [6, 6.07) is 8.51. The second-order valence-electron chi connectivity index (χ2n) is 6.26. The maximum Gasteiger partial charge on any atom is 0.133 e. The molecule has 0 amide bonds. The topological polar surface area (TPSA) is 47.0 Å². The fourth-order valence-electron chi connectivity index (χ4n) is 3.44. The third-order valence-electron chi connectivity index (χ3n) is 4.53. The predicted octanol–water partition coefficient (Wildman–Crippen LogP) is 3.51. The van der Waals surface area contributed by atoms with Gasteiger partial charge >= 0.3 is 0 Å². The average molecular weight is 311 g/mol. The molecule has 1 aromatic carbocycles. The van der Waals surface area contributed by atoms with Crippen molar-refractivity contribution in [3.63, 3.8) is 0 Å². The van der Waals surface area contributed by atoms with Crippen LogP contribution in [0.3, 0.4) is 0 Å². The van der Waals surface area contributed by atoms with Gasteiger partial charge in [0.2, 0.25) is 0 Å². The summed E-state index contributed by atoms with van der Waals surface area (Å²) in [5.41, 5.74) is 4.68. The molecule has 0 spiro atoms. The summed E-state index contributed by atoms with van der Waals surface area (Å²) in [4.78, 5) is 9.54. The molecule has 4 nitrogen and oxygen atoms in total. The van der Waals surface area contributed by atoms with E-state index in [9.17, 15) is 0 Å². The van der Waals surface area contributed by atoms with Crippen molar-refractivity contribution < 1.29 is 4.74 Å². The Bertz CT molecular complexity index is 655. The second-order valence-corrected chi connectivity index (χ2v) is 6.26. The summed E-state index contributed by atoms with van der Waals surface area (Å²) in [5.74, 6) is 1.76. The van der Waals surface area contributed by atoms with Gasteiger partial charge in [0.25, 0.3) is 0 Å². The predicted molar refractivity (Wildman–Crippen MR) is 91.9 cm³/mol. The number of ether oxygens (including phenoxy) is 1. The Morgan fingerprint density at radius 3 is 2.61 bits per heavy atom. The molecule has 0 saturated carbocycles. The van der Waals surface area contributed by atoms with E-state index in [1.54, 1.807) is 7.11 Å². The maximum absolute atomic E-state index is 5.29. The van der Waals surface area contributed by atoms with Crippen molar-refractivity contribution in [2.75, 3.05) is 13.7 Å². The van der Waals surface area contributed by atoms with Gasteiger partial charge in [-0.3, -0.25) is 0 Å². The Balaban J connectivity index is 1.84. The lowest BCUT2D eigenvalue weighted by Crippen LogP contribution is -2.28. The molecule has 1 aromatic heterocycles. The largest absolute Gasteiger partial charge is 0.497 e. The summed E-state index contributed by atoms with van der Waals surface area (Å²) >= 11 is 0. The van der Waals surface area contributed by atoms with Crippen LogP contribution in [0.15, 0.2) is 24.3 Å². The van der Waals surface area contributed by atoms with Gasteiger partial charge in [0.05, 0.1) is 7.11 Å². The van der Waals surface area contributed by atoms with Gasteiger partial charge < -0.3 is 10.1 Å². The van der Waals surface area contributed by atoms with E-state index in [0.29, 0.717) is 6.04 Å². The Labute approximate surface area is 138 Å². The fraction of sp³-hybridized carbons (Fsp3) is 0.474. The Kier molecular flexibility index (Phi) is 4.91. The maximum atomic E-state index is 5.29. The molecule has 2 aromatic rings. The Morgan fingerprint density at radius 1 is 1.17 bits per heavy atom. The summed E-state index contributed by atoms with van der Waals surface area (Å²) in [5, 5.41) is 3.60. The molecule has 4 heteroatoms. The molecular weight excluding hydrogens is 286 g/mol. The number of methoxy groups -OCH3 is 1. The number of hydrogen-bond acceptors (Lipinski definition) is 4. The highest BCUT2D eigenvalue weighted by Crippen LogP contribution is 2.27. The zero-order valence-electron chi connectivity index (χ0n) is 14.2. The van der Waals surface area contributed by atoms with Crippen LogP contribution in [0, 0.1) is 13.8 Å². The molecule has 1 aliphatic heterocycles. The number of benzene rings is 1. The standard InChI is InChI=1S/C19H25N3O/c1-13-19(17-9-4-5-10-20-17)14(2)22-18(21-13)12-15-7-6-8-16(11-15)23-3/h6-8,11,17,20H,4-5,9-10,12H2,1-3H3. The number of nitrogens with one attached hydrogen (secondary N) is 1. The quantitative estimate of drug-likeness (QED) is 0.938. The SMILES string of the molecule is COc1cccc(Cc2nc(C)c(C3CCCCN3)c(C)n2)c1. The summed E-state index contributed by atoms with van der Waals surface area (Å²) in [6.07, 6.45) is 4.46. The minimum atomic E-state index is 0.412.